The predicted octanol–water partition coefficient (Wildman–Crippen LogP) is 3.74. The second kappa shape index (κ2) is 15.7. The minimum absolute atomic E-state index is 0. The number of likely N-dealkylation sites (tertiary alicyclic amines) is 1. The van der Waals surface area contributed by atoms with Gasteiger partial charge in [0.25, 0.3) is 0 Å². The Morgan fingerprint density at radius 3 is 2.38 bits per heavy atom. The molecule has 0 bridgehead atoms. The molecule has 1 saturated carbocycles. The van der Waals surface area contributed by atoms with Crippen LogP contribution in [-0.2, 0) is 11.2 Å². The number of halogens is 3. The summed E-state index contributed by atoms with van der Waals surface area (Å²) >= 11 is 5.95. The largest absolute Gasteiger partial charge is 0.339 e. The Bertz CT molecular complexity index is 747. The number of unbranched alkanes of at least 4 members (excludes halogenated alkanes) is 1. The monoisotopic (exact) mass is 535 g/mol. The van der Waals surface area contributed by atoms with Gasteiger partial charge in [0.1, 0.15) is 0 Å². The number of nitrogens with two attached hydrogens (primary N) is 2. The summed E-state index contributed by atoms with van der Waals surface area (Å²) in [6, 6.07) is 7.13. The Hall–Kier alpha value is -1.25. The fraction of sp³-hybridized carbons (Fsp3) is 0.667. The van der Waals surface area contributed by atoms with E-state index in [9.17, 15) is 9.59 Å². The zero-order valence-corrected chi connectivity index (χ0v) is 22.2. The van der Waals surface area contributed by atoms with E-state index in [0.29, 0.717) is 37.6 Å². The van der Waals surface area contributed by atoms with Gasteiger partial charge >= 0.3 is 6.03 Å². The Kier molecular flexibility index (Phi) is 14.2. The molecule has 2 fully saturated rings. The van der Waals surface area contributed by atoms with Gasteiger partial charge in [0.05, 0.1) is 12.1 Å². The number of benzene rings is 1. The van der Waals surface area contributed by atoms with Crippen molar-refractivity contribution in [3.05, 3.63) is 34.9 Å². The molecule has 34 heavy (non-hydrogen) atoms. The van der Waals surface area contributed by atoms with Crippen molar-refractivity contribution in [2.75, 3.05) is 26.2 Å². The van der Waals surface area contributed by atoms with Crippen LogP contribution >= 0.6 is 36.4 Å². The second-order valence-electron chi connectivity index (χ2n) is 9.09. The van der Waals surface area contributed by atoms with E-state index < -0.39 is 6.04 Å². The molecule has 0 unspecified atom stereocenters. The Labute approximate surface area is 221 Å². The van der Waals surface area contributed by atoms with Crippen LogP contribution in [0.15, 0.2) is 24.3 Å². The average molecular weight is 537 g/mol. The normalized spacial score (nSPS) is 19.0. The van der Waals surface area contributed by atoms with Gasteiger partial charge in [0.2, 0.25) is 5.91 Å². The predicted molar refractivity (Wildman–Crippen MR) is 143 cm³/mol. The maximum absolute atomic E-state index is 13.1. The van der Waals surface area contributed by atoms with E-state index in [4.69, 9.17) is 23.1 Å². The van der Waals surface area contributed by atoms with Crippen LogP contribution in [0.3, 0.4) is 0 Å². The Balaban J connectivity index is 0.00000289. The van der Waals surface area contributed by atoms with Crippen LogP contribution in [0, 0.1) is 0 Å². The summed E-state index contributed by atoms with van der Waals surface area (Å²) in [4.78, 5) is 30.0. The fourth-order valence-corrected chi connectivity index (χ4v) is 5.04. The highest BCUT2D eigenvalue weighted by molar-refractivity contribution is 6.30. The first-order valence-electron chi connectivity index (χ1n) is 12.0. The zero-order valence-electron chi connectivity index (χ0n) is 19.8. The van der Waals surface area contributed by atoms with Gasteiger partial charge in [-0.25, -0.2) is 4.79 Å². The lowest BCUT2D eigenvalue weighted by molar-refractivity contribution is -0.131. The lowest BCUT2D eigenvalue weighted by Gasteiger charge is -2.38. The van der Waals surface area contributed by atoms with Gasteiger partial charge < -0.3 is 26.6 Å². The van der Waals surface area contributed by atoms with Gasteiger partial charge in [0, 0.05) is 30.7 Å². The molecular formula is C24H40Cl3N5O2. The molecule has 0 radical (unpaired) electrons. The summed E-state index contributed by atoms with van der Waals surface area (Å²) < 4.78 is 0. The molecule has 1 saturated heterocycles. The molecule has 1 aliphatic heterocycles. The fourth-order valence-electron chi connectivity index (χ4n) is 4.91. The molecule has 2 aliphatic rings. The van der Waals surface area contributed by atoms with Crippen LogP contribution in [-0.4, -0.2) is 66.0 Å². The standard InChI is InChI=1S/C24H38ClN5O2.2ClH/c25-19-10-8-18(9-11-19)16-22(27)23(31)29-15-12-21(17-29)30(20-6-2-1-3-7-20)24(32)28-14-5-4-13-26;;/h8-11,20-22H,1-7,12-17,26-27H2,(H,28,32);2*1H/t21-,22+;;/m0../s1. The number of amides is 3. The summed E-state index contributed by atoms with van der Waals surface area (Å²) in [7, 11) is 0. The van der Waals surface area contributed by atoms with Crippen LogP contribution in [0.2, 0.25) is 5.02 Å². The topological polar surface area (TPSA) is 105 Å². The molecule has 1 aromatic carbocycles. The third kappa shape index (κ3) is 8.76. The smallest absolute Gasteiger partial charge is 0.317 e. The van der Waals surface area contributed by atoms with Crippen LogP contribution in [0.5, 0.6) is 0 Å². The van der Waals surface area contributed by atoms with E-state index in [1.165, 1.54) is 6.42 Å². The van der Waals surface area contributed by atoms with Gasteiger partial charge in [-0.3, -0.25) is 4.79 Å². The van der Waals surface area contributed by atoms with Crippen LogP contribution in [0.1, 0.15) is 56.9 Å². The van der Waals surface area contributed by atoms with Crippen molar-refractivity contribution in [2.45, 2.75) is 75.9 Å². The highest BCUT2D eigenvalue weighted by Gasteiger charge is 2.38. The lowest BCUT2D eigenvalue weighted by Crippen LogP contribution is -2.54. The van der Waals surface area contributed by atoms with Gasteiger partial charge in [-0.05, 0) is 62.8 Å². The number of carbonyl (C=O) groups excluding carboxylic acids is 2. The summed E-state index contributed by atoms with van der Waals surface area (Å²) in [5.74, 6) is -0.0469. The highest BCUT2D eigenvalue weighted by Crippen LogP contribution is 2.28. The van der Waals surface area contributed by atoms with Crippen molar-refractivity contribution in [3.8, 4) is 0 Å². The van der Waals surface area contributed by atoms with Crippen molar-refractivity contribution in [3.63, 3.8) is 0 Å². The molecule has 0 aromatic heterocycles. The van der Waals surface area contributed by atoms with Crippen molar-refractivity contribution in [2.24, 2.45) is 11.5 Å². The maximum atomic E-state index is 13.1. The zero-order chi connectivity index (χ0) is 22.9. The van der Waals surface area contributed by atoms with Crippen molar-refractivity contribution in [1.29, 1.82) is 0 Å². The van der Waals surface area contributed by atoms with Crippen LogP contribution in [0.4, 0.5) is 4.79 Å². The van der Waals surface area contributed by atoms with Gasteiger partial charge in [-0.15, -0.1) is 24.8 Å². The average Bonchev–Trinajstić information content (AvgIpc) is 3.28. The van der Waals surface area contributed by atoms with Crippen molar-refractivity contribution < 1.29 is 9.59 Å². The molecule has 194 valence electrons. The molecular weight excluding hydrogens is 497 g/mol. The first kappa shape index (κ1) is 30.8. The van der Waals surface area contributed by atoms with E-state index in [-0.39, 0.29) is 48.8 Å². The van der Waals surface area contributed by atoms with Crippen molar-refractivity contribution in [1.82, 2.24) is 15.1 Å². The quantitative estimate of drug-likeness (QED) is 0.418. The molecule has 3 amide bonds. The number of nitrogens with one attached hydrogen (secondary N) is 1. The molecule has 7 nitrogen and oxygen atoms in total. The lowest BCUT2D eigenvalue weighted by atomic mass is 9.93. The van der Waals surface area contributed by atoms with Crippen LogP contribution in [0.25, 0.3) is 0 Å². The van der Waals surface area contributed by atoms with E-state index in [0.717, 1.165) is 50.5 Å². The summed E-state index contributed by atoms with van der Waals surface area (Å²) in [6.45, 7) is 2.47. The van der Waals surface area contributed by atoms with E-state index in [2.05, 4.69) is 5.32 Å². The molecule has 1 aliphatic carbocycles. The number of carbonyl (C=O) groups is 2. The molecule has 1 heterocycles. The Morgan fingerprint density at radius 1 is 1.06 bits per heavy atom. The molecule has 10 heteroatoms. The number of rotatable bonds is 9. The van der Waals surface area contributed by atoms with Gasteiger partial charge in [0.15, 0.2) is 0 Å². The summed E-state index contributed by atoms with van der Waals surface area (Å²) in [5, 5.41) is 3.76. The first-order valence-corrected chi connectivity index (χ1v) is 12.4. The number of hydrogen-bond donors (Lipinski definition) is 3. The molecule has 0 spiro atoms. The number of nitrogens with zero attached hydrogens (tertiary/aromatic N) is 2. The van der Waals surface area contributed by atoms with Gasteiger partial charge in [-0.1, -0.05) is 43.0 Å². The molecule has 5 N–H and O–H groups in total. The third-order valence-corrected chi connectivity index (χ3v) is 6.92. The van der Waals surface area contributed by atoms with Crippen LogP contribution < -0.4 is 16.8 Å². The van der Waals surface area contributed by atoms with Gasteiger partial charge in [-0.2, -0.15) is 0 Å². The third-order valence-electron chi connectivity index (χ3n) is 6.66. The van der Waals surface area contributed by atoms with E-state index in [1.54, 1.807) is 0 Å². The van der Waals surface area contributed by atoms with E-state index in [1.807, 2.05) is 34.1 Å². The minimum atomic E-state index is -0.594. The molecule has 1 aromatic rings. The molecule has 3 rings (SSSR count). The SMILES string of the molecule is Cl.Cl.NCCCCNC(=O)N(C1CCCCC1)[C@H]1CCN(C(=O)[C@H](N)Cc2ccc(Cl)cc2)C1. The van der Waals surface area contributed by atoms with E-state index >= 15 is 0 Å². The number of urea groups is 1. The first-order chi connectivity index (χ1) is 15.5. The van der Waals surface area contributed by atoms with Crippen molar-refractivity contribution >= 4 is 48.4 Å². The number of hydrogen-bond acceptors (Lipinski definition) is 4. The highest BCUT2D eigenvalue weighted by atomic mass is 35.5. The minimum Gasteiger partial charge on any atom is -0.339 e. The summed E-state index contributed by atoms with van der Waals surface area (Å²) in [6.07, 6.45) is 8.68. The Morgan fingerprint density at radius 2 is 1.74 bits per heavy atom. The molecule has 2 atom stereocenters. The summed E-state index contributed by atoms with van der Waals surface area (Å²) in [5.41, 5.74) is 12.8. The second-order valence-corrected chi connectivity index (χ2v) is 9.53. The maximum Gasteiger partial charge on any atom is 0.317 e.